The number of aryl methyl sites for hydroxylation is 1. The first kappa shape index (κ1) is 18.9. The maximum absolute atomic E-state index is 12.7. The summed E-state index contributed by atoms with van der Waals surface area (Å²) in [5, 5.41) is 2.71. The molecule has 5 nitrogen and oxygen atoms in total. The molecule has 0 saturated heterocycles. The largest absolute Gasteiger partial charge is 0.573 e. The average Bonchev–Trinajstić information content (AvgIpc) is 2.64. The molecule has 3 aromatic rings. The Balaban J connectivity index is 1.88. The molecular weight excluding hydrogens is 384 g/mol. The third kappa shape index (κ3) is 4.67. The lowest BCUT2D eigenvalue weighted by Gasteiger charge is -2.23. The third-order valence-electron chi connectivity index (χ3n) is 3.76. The fourth-order valence-electron chi connectivity index (χ4n) is 2.36. The number of carbonyl (C=O) groups is 1. The smallest absolute Gasteiger partial charge is 0.255 e. The molecular formula is C20H16ClN2O3S-. The standard InChI is InChI=1S/C20H16ClN2O3S/c1-14-7-10-17(11-8-14)23-27(25,26)19-13-15(9-12-18(19)21)20(24)22-16-5-3-2-4-6-16/h2-13H,1H3,(H,22,24)/q-1. The molecule has 3 aromatic carbocycles. The van der Waals surface area contributed by atoms with E-state index in [0.29, 0.717) is 5.69 Å². The summed E-state index contributed by atoms with van der Waals surface area (Å²) < 4.78 is 29.1. The van der Waals surface area contributed by atoms with Gasteiger partial charge in [0.25, 0.3) is 5.91 Å². The third-order valence-corrected chi connectivity index (χ3v) is 5.55. The van der Waals surface area contributed by atoms with Gasteiger partial charge in [0.2, 0.25) is 0 Å². The highest BCUT2D eigenvalue weighted by Crippen LogP contribution is 2.32. The van der Waals surface area contributed by atoms with Crippen LogP contribution in [-0.2, 0) is 10.0 Å². The lowest BCUT2D eigenvalue weighted by atomic mass is 10.2. The van der Waals surface area contributed by atoms with Crippen LogP contribution in [0.4, 0.5) is 11.4 Å². The summed E-state index contributed by atoms with van der Waals surface area (Å²) in [6, 6.07) is 19.7. The molecule has 0 unspecified atom stereocenters. The van der Waals surface area contributed by atoms with Gasteiger partial charge in [-0.2, -0.15) is 0 Å². The second-order valence-electron chi connectivity index (χ2n) is 5.87. The molecule has 0 bridgehead atoms. The number of benzene rings is 3. The van der Waals surface area contributed by atoms with E-state index in [-0.39, 0.29) is 21.2 Å². The molecule has 27 heavy (non-hydrogen) atoms. The lowest BCUT2D eigenvalue weighted by molar-refractivity contribution is 0.102. The summed E-state index contributed by atoms with van der Waals surface area (Å²) in [7, 11) is -4.07. The molecule has 1 N–H and O–H groups in total. The Labute approximate surface area is 163 Å². The normalized spacial score (nSPS) is 11.0. The molecule has 0 fully saturated rings. The van der Waals surface area contributed by atoms with Crippen molar-refractivity contribution in [3.8, 4) is 0 Å². The number of anilines is 1. The van der Waals surface area contributed by atoms with Gasteiger partial charge in [-0.05, 0) is 37.3 Å². The van der Waals surface area contributed by atoms with Gasteiger partial charge in [-0.25, -0.2) is 8.42 Å². The van der Waals surface area contributed by atoms with Gasteiger partial charge < -0.3 is 10.0 Å². The van der Waals surface area contributed by atoms with Crippen molar-refractivity contribution in [2.45, 2.75) is 11.8 Å². The molecule has 3 rings (SSSR count). The molecule has 0 spiro atoms. The minimum atomic E-state index is -4.07. The summed E-state index contributed by atoms with van der Waals surface area (Å²) in [6.45, 7) is 1.89. The van der Waals surface area contributed by atoms with E-state index in [1.54, 1.807) is 48.5 Å². The highest BCUT2D eigenvalue weighted by Gasteiger charge is 2.15. The molecule has 0 heterocycles. The molecule has 0 aliphatic heterocycles. The van der Waals surface area contributed by atoms with E-state index < -0.39 is 15.9 Å². The van der Waals surface area contributed by atoms with Crippen LogP contribution in [0.3, 0.4) is 0 Å². The summed E-state index contributed by atoms with van der Waals surface area (Å²) >= 11 is 6.07. The lowest BCUT2D eigenvalue weighted by Crippen LogP contribution is -2.12. The molecule has 0 saturated carbocycles. The summed E-state index contributed by atoms with van der Waals surface area (Å²) in [6.07, 6.45) is 0. The first-order chi connectivity index (χ1) is 12.8. The van der Waals surface area contributed by atoms with Gasteiger partial charge in [-0.3, -0.25) is 4.79 Å². The molecule has 138 valence electrons. The van der Waals surface area contributed by atoms with E-state index >= 15 is 0 Å². The van der Waals surface area contributed by atoms with Crippen LogP contribution in [0.15, 0.2) is 77.7 Å². The number of sulfonamides is 1. The number of halogens is 1. The van der Waals surface area contributed by atoms with Crippen molar-refractivity contribution in [3.63, 3.8) is 0 Å². The van der Waals surface area contributed by atoms with Crippen molar-refractivity contribution in [2.75, 3.05) is 5.32 Å². The van der Waals surface area contributed by atoms with Crippen LogP contribution in [0, 0.1) is 6.92 Å². The number of hydrogen-bond acceptors (Lipinski definition) is 3. The van der Waals surface area contributed by atoms with Crippen molar-refractivity contribution in [1.82, 2.24) is 0 Å². The Hall–Kier alpha value is -2.83. The number of carbonyl (C=O) groups excluding carboxylic acids is 1. The number of hydrogen-bond donors (Lipinski definition) is 1. The predicted molar refractivity (Wildman–Crippen MR) is 107 cm³/mol. The Morgan fingerprint density at radius 3 is 2.30 bits per heavy atom. The predicted octanol–water partition coefficient (Wildman–Crippen LogP) is 5.29. The van der Waals surface area contributed by atoms with Crippen molar-refractivity contribution in [2.24, 2.45) is 0 Å². The summed E-state index contributed by atoms with van der Waals surface area (Å²) in [5.41, 5.74) is 2.05. The van der Waals surface area contributed by atoms with E-state index in [1.807, 2.05) is 13.0 Å². The Kier molecular flexibility index (Phi) is 5.48. The van der Waals surface area contributed by atoms with Gasteiger partial charge in [0, 0.05) is 11.3 Å². The van der Waals surface area contributed by atoms with Gasteiger partial charge in [0.1, 0.15) is 10.0 Å². The van der Waals surface area contributed by atoms with E-state index in [1.165, 1.54) is 18.2 Å². The summed E-state index contributed by atoms with van der Waals surface area (Å²) in [5.74, 6) is -0.440. The first-order valence-corrected chi connectivity index (χ1v) is 9.87. The number of nitrogens with zero attached hydrogens (tertiary/aromatic N) is 1. The van der Waals surface area contributed by atoms with Crippen molar-refractivity contribution >= 4 is 38.9 Å². The quantitative estimate of drug-likeness (QED) is 0.632. The fourth-order valence-corrected chi connectivity index (χ4v) is 3.86. The number of nitrogens with one attached hydrogen (secondary N) is 1. The van der Waals surface area contributed by atoms with E-state index in [2.05, 4.69) is 10.0 Å². The van der Waals surface area contributed by atoms with Gasteiger partial charge in [-0.1, -0.05) is 59.6 Å². The number of para-hydroxylation sites is 1. The second-order valence-corrected chi connectivity index (χ2v) is 7.85. The molecule has 0 aliphatic carbocycles. The maximum Gasteiger partial charge on any atom is 0.255 e. The first-order valence-electron chi connectivity index (χ1n) is 8.06. The van der Waals surface area contributed by atoms with Crippen LogP contribution < -0.4 is 5.32 Å². The highest BCUT2D eigenvalue weighted by molar-refractivity contribution is 7.94. The Morgan fingerprint density at radius 1 is 0.963 bits per heavy atom. The Bertz CT molecular complexity index is 1070. The Morgan fingerprint density at radius 2 is 1.63 bits per heavy atom. The minimum Gasteiger partial charge on any atom is -0.573 e. The number of amides is 1. The van der Waals surface area contributed by atoms with Crippen LogP contribution in [0.5, 0.6) is 0 Å². The van der Waals surface area contributed by atoms with Gasteiger partial charge in [0.15, 0.2) is 0 Å². The SMILES string of the molecule is Cc1ccc([N-]S(=O)(=O)c2cc(C(=O)Nc3ccccc3)ccc2Cl)cc1. The van der Waals surface area contributed by atoms with E-state index in [9.17, 15) is 13.2 Å². The topological polar surface area (TPSA) is 77.3 Å². The van der Waals surface area contributed by atoms with Crippen LogP contribution in [0.25, 0.3) is 4.72 Å². The van der Waals surface area contributed by atoms with Gasteiger partial charge in [-0.15, -0.1) is 5.69 Å². The van der Waals surface area contributed by atoms with Crippen LogP contribution in [-0.4, -0.2) is 14.3 Å². The second kappa shape index (κ2) is 7.82. The fraction of sp³-hybridized carbons (Fsp3) is 0.0500. The maximum atomic E-state index is 12.7. The molecule has 0 aliphatic rings. The zero-order chi connectivity index (χ0) is 19.4. The van der Waals surface area contributed by atoms with Crippen LogP contribution in [0.1, 0.15) is 15.9 Å². The van der Waals surface area contributed by atoms with Crippen molar-refractivity contribution < 1.29 is 13.2 Å². The molecule has 1 amide bonds. The van der Waals surface area contributed by atoms with Gasteiger partial charge >= 0.3 is 0 Å². The zero-order valence-electron chi connectivity index (χ0n) is 14.4. The molecule has 7 heteroatoms. The van der Waals surface area contributed by atoms with Crippen molar-refractivity contribution in [3.05, 3.63) is 93.7 Å². The van der Waals surface area contributed by atoms with Crippen molar-refractivity contribution in [1.29, 1.82) is 0 Å². The highest BCUT2D eigenvalue weighted by atomic mass is 35.5. The van der Waals surface area contributed by atoms with Gasteiger partial charge in [0.05, 0.1) is 9.92 Å². The summed E-state index contributed by atoms with van der Waals surface area (Å²) in [4.78, 5) is 12.2. The number of rotatable bonds is 5. The zero-order valence-corrected chi connectivity index (χ0v) is 16.0. The monoisotopic (exact) mass is 399 g/mol. The molecule has 0 aromatic heterocycles. The van der Waals surface area contributed by atoms with E-state index in [0.717, 1.165) is 5.56 Å². The minimum absolute atomic E-state index is 0.00197. The van der Waals surface area contributed by atoms with Crippen LogP contribution >= 0.6 is 11.6 Å². The van der Waals surface area contributed by atoms with E-state index in [4.69, 9.17) is 11.6 Å². The molecule has 0 radical (unpaired) electrons. The van der Waals surface area contributed by atoms with Crippen LogP contribution in [0.2, 0.25) is 5.02 Å². The molecule has 0 atom stereocenters. The average molecular weight is 400 g/mol.